The topological polar surface area (TPSA) is 88.5 Å². The van der Waals surface area contributed by atoms with Gasteiger partial charge >= 0.3 is 5.97 Å². The van der Waals surface area contributed by atoms with E-state index in [1.165, 1.54) is 36.6 Å². The average Bonchev–Trinajstić information content (AvgIpc) is 3.03. The number of aromatic nitrogens is 1. The zero-order chi connectivity index (χ0) is 17.1. The van der Waals surface area contributed by atoms with Gasteiger partial charge < -0.3 is 15.2 Å². The number of methoxy groups -OCH3 is 1. The van der Waals surface area contributed by atoms with Crippen molar-refractivity contribution in [3.63, 3.8) is 0 Å². The van der Waals surface area contributed by atoms with Crippen LogP contribution in [0.5, 0.6) is 5.75 Å². The number of pyridine rings is 1. The molecule has 1 aliphatic carbocycles. The van der Waals surface area contributed by atoms with Gasteiger partial charge in [0, 0.05) is 6.20 Å². The molecule has 1 amide bonds. The summed E-state index contributed by atoms with van der Waals surface area (Å²) in [5.74, 6) is -1.42. The van der Waals surface area contributed by atoms with Gasteiger partial charge in [0.25, 0.3) is 5.91 Å². The molecule has 0 saturated carbocycles. The summed E-state index contributed by atoms with van der Waals surface area (Å²) in [6.07, 6.45) is 2.78. The van der Waals surface area contributed by atoms with Crippen molar-refractivity contribution in [1.29, 1.82) is 0 Å². The number of carbonyl (C=O) groups excluding carboxylic acids is 2. The minimum absolute atomic E-state index is 0.0929. The second-order valence-electron chi connectivity index (χ2n) is 5.78. The van der Waals surface area contributed by atoms with E-state index in [0.717, 1.165) is 0 Å². The summed E-state index contributed by atoms with van der Waals surface area (Å²) in [5, 5.41) is 12.4. The first-order chi connectivity index (χ1) is 11.6. The molecule has 2 aromatic rings. The molecule has 0 spiro atoms. The maximum atomic E-state index is 12.4. The smallest absolute Gasteiger partial charge is 0.328 e. The summed E-state index contributed by atoms with van der Waals surface area (Å²) in [7, 11) is 1.29. The van der Waals surface area contributed by atoms with Crippen LogP contribution in [0, 0.1) is 5.92 Å². The van der Waals surface area contributed by atoms with Crippen molar-refractivity contribution in [2.45, 2.75) is 18.9 Å². The third-order valence-electron chi connectivity index (χ3n) is 4.30. The maximum absolute atomic E-state index is 12.4. The van der Waals surface area contributed by atoms with Crippen molar-refractivity contribution in [2.24, 2.45) is 5.92 Å². The number of ether oxygens (including phenoxy) is 1. The van der Waals surface area contributed by atoms with E-state index in [0.29, 0.717) is 12.8 Å². The normalized spacial score (nSPS) is 14.7. The van der Waals surface area contributed by atoms with Gasteiger partial charge in [-0.25, -0.2) is 9.78 Å². The van der Waals surface area contributed by atoms with Crippen LogP contribution in [0.3, 0.4) is 0 Å². The zero-order valence-corrected chi connectivity index (χ0v) is 13.2. The number of amides is 1. The van der Waals surface area contributed by atoms with Crippen LogP contribution in [0.1, 0.15) is 21.6 Å². The van der Waals surface area contributed by atoms with Crippen LogP contribution in [0.25, 0.3) is 0 Å². The van der Waals surface area contributed by atoms with Crippen LogP contribution in [-0.4, -0.2) is 35.1 Å². The number of aromatic hydroxyl groups is 1. The number of hydrogen-bond donors (Lipinski definition) is 2. The van der Waals surface area contributed by atoms with Crippen LogP contribution < -0.4 is 5.32 Å². The number of hydrogen-bond acceptors (Lipinski definition) is 5. The van der Waals surface area contributed by atoms with Gasteiger partial charge in [-0.1, -0.05) is 24.3 Å². The first-order valence-corrected chi connectivity index (χ1v) is 7.69. The van der Waals surface area contributed by atoms with E-state index in [-0.39, 0.29) is 17.4 Å². The molecule has 2 N–H and O–H groups in total. The molecule has 0 fully saturated rings. The van der Waals surface area contributed by atoms with Gasteiger partial charge in [-0.05, 0) is 42.0 Å². The first-order valence-electron chi connectivity index (χ1n) is 7.69. The lowest BCUT2D eigenvalue weighted by Crippen LogP contribution is -2.47. The van der Waals surface area contributed by atoms with Gasteiger partial charge in [-0.2, -0.15) is 0 Å². The van der Waals surface area contributed by atoms with E-state index in [1.807, 2.05) is 24.3 Å². The predicted octanol–water partition coefficient (Wildman–Crippen LogP) is 1.47. The largest absolute Gasteiger partial charge is 0.505 e. The summed E-state index contributed by atoms with van der Waals surface area (Å²) >= 11 is 0. The molecule has 1 aromatic carbocycles. The highest BCUT2D eigenvalue weighted by atomic mass is 16.5. The molecule has 0 unspecified atom stereocenters. The van der Waals surface area contributed by atoms with Gasteiger partial charge in [0.1, 0.15) is 11.8 Å². The quantitative estimate of drug-likeness (QED) is 0.831. The SMILES string of the molecule is COC(=O)[C@@H](NC(=O)c1ncccc1O)C1Cc2ccccc2C1. The Hall–Kier alpha value is -2.89. The third kappa shape index (κ3) is 3.08. The Kier molecular flexibility index (Phi) is 4.46. The number of rotatable bonds is 4. The van der Waals surface area contributed by atoms with Crippen molar-refractivity contribution in [2.75, 3.05) is 7.11 Å². The second kappa shape index (κ2) is 6.70. The van der Waals surface area contributed by atoms with Crippen molar-refractivity contribution < 1.29 is 19.4 Å². The number of benzene rings is 1. The minimum Gasteiger partial charge on any atom is -0.505 e. The van der Waals surface area contributed by atoms with E-state index in [1.54, 1.807) is 0 Å². The number of fused-ring (bicyclic) bond motifs is 1. The predicted molar refractivity (Wildman–Crippen MR) is 86.5 cm³/mol. The molecular weight excluding hydrogens is 308 g/mol. The van der Waals surface area contributed by atoms with Crippen LogP contribution >= 0.6 is 0 Å². The van der Waals surface area contributed by atoms with E-state index >= 15 is 0 Å². The fraction of sp³-hybridized carbons (Fsp3) is 0.278. The highest BCUT2D eigenvalue weighted by molar-refractivity contribution is 5.97. The Morgan fingerprint density at radius 1 is 1.21 bits per heavy atom. The number of nitrogens with one attached hydrogen (secondary N) is 1. The standard InChI is InChI=1S/C18H18N2O4/c1-24-18(23)15(13-9-11-5-2-3-6-12(11)10-13)20-17(22)16-14(21)7-4-8-19-16/h2-8,13,15,21H,9-10H2,1H3,(H,20,22)/t15-/m0/s1. The molecule has 3 rings (SSSR count). The van der Waals surface area contributed by atoms with Crippen LogP contribution in [-0.2, 0) is 22.4 Å². The Morgan fingerprint density at radius 3 is 2.46 bits per heavy atom. The molecule has 0 radical (unpaired) electrons. The lowest BCUT2D eigenvalue weighted by atomic mass is 9.96. The molecule has 1 aromatic heterocycles. The molecule has 124 valence electrons. The molecule has 0 aliphatic heterocycles. The molecule has 6 heteroatoms. The fourth-order valence-corrected chi connectivity index (χ4v) is 3.11. The van der Waals surface area contributed by atoms with E-state index in [9.17, 15) is 14.7 Å². The second-order valence-corrected chi connectivity index (χ2v) is 5.78. The Labute approximate surface area is 139 Å². The van der Waals surface area contributed by atoms with Gasteiger partial charge in [0.15, 0.2) is 5.69 Å². The van der Waals surface area contributed by atoms with Crippen molar-refractivity contribution in [3.8, 4) is 5.75 Å². The lowest BCUT2D eigenvalue weighted by Gasteiger charge is -2.22. The summed E-state index contributed by atoms with van der Waals surface area (Å²) in [6, 6.07) is 10.1. The highest BCUT2D eigenvalue weighted by Gasteiger charge is 2.35. The van der Waals surface area contributed by atoms with Crippen molar-refractivity contribution in [1.82, 2.24) is 10.3 Å². The Balaban J connectivity index is 1.80. The van der Waals surface area contributed by atoms with Gasteiger partial charge in [0.05, 0.1) is 7.11 Å². The first kappa shape index (κ1) is 16.0. The van der Waals surface area contributed by atoms with E-state index < -0.39 is 17.9 Å². The maximum Gasteiger partial charge on any atom is 0.328 e. The number of carbonyl (C=O) groups is 2. The van der Waals surface area contributed by atoms with Gasteiger partial charge in [-0.3, -0.25) is 4.79 Å². The average molecular weight is 326 g/mol. The molecule has 1 aliphatic rings. The summed E-state index contributed by atoms with van der Waals surface area (Å²) in [6.45, 7) is 0. The molecular formula is C18H18N2O4. The number of nitrogens with zero attached hydrogens (tertiary/aromatic N) is 1. The molecule has 0 bridgehead atoms. The fourth-order valence-electron chi connectivity index (χ4n) is 3.11. The summed E-state index contributed by atoms with van der Waals surface area (Å²) in [5.41, 5.74) is 2.24. The summed E-state index contributed by atoms with van der Waals surface area (Å²) < 4.78 is 4.85. The minimum atomic E-state index is -0.795. The van der Waals surface area contributed by atoms with Crippen molar-refractivity contribution in [3.05, 3.63) is 59.4 Å². The van der Waals surface area contributed by atoms with Crippen LogP contribution in [0.4, 0.5) is 0 Å². The van der Waals surface area contributed by atoms with Crippen LogP contribution in [0.15, 0.2) is 42.6 Å². The van der Waals surface area contributed by atoms with Crippen LogP contribution in [0.2, 0.25) is 0 Å². The van der Waals surface area contributed by atoms with E-state index in [2.05, 4.69) is 10.3 Å². The van der Waals surface area contributed by atoms with Gasteiger partial charge in [0.2, 0.25) is 0 Å². The molecule has 1 atom stereocenters. The molecule has 1 heterocycles. The monoisotopic (exact) mass is 326 g/mol. The molecule has 0 saturated heterocycles. The Morgan fingerprint density at radius 2 is 1.88 bits per heavy atom. The molecule has 24 heavy (non-hydrogen) atoms. The lowest BCUT2D eigenvalue weighted by molar-refractivity contribution is -0.144. The van der Waals surface area contributed by atoms with Crippen molar-refractivity contribution >= 4 is 11.9 Å². The Bertz CT molecular complexity index is 750. The zero-order valence-electron chi connectivity index (χ0n) is 13.2. The third-order valence-corrected chi connectivity index (χ3v) is 4.30. The highest BCUT2D eigenvalue weighted by Crippen LogP contribution is 2.29. The summed E-state index contributed by atoms with van der Waals surface area (Å²) in [4.78, 5) is 28.4. The van der Waals surface area contributed by atoms with Gasteiger partial charge in [-0.15, -0.1) is 0 Å². The molecule has 6 nitrogen and oxygen atoms in total. The van der Waals surface area contributed by atoms with E-state index in [4.69, 9.17) is 4.74 Å². The number of esters is 1.